The fourth-order valence-electron chi connectivity index (χ4n) is 4.01. The minimum absolute atomic E-state index is 0.0720. The maximum atomic E-state index is 13.6. The summed E-state index contributed by atoms with van der Waals surface area (Å²) in [4.78, 5) is 15.8. The van der Waals surface area contributed by atoms with E-state index in [-0.39, 0.29) is 11.0 Å². The summed E-state index contributed by atoms with van der Waals surface area (Å²) in [6.45, 7) is 12.3. The molecule has 1 saturated heterocycles. The number of aryl methyl sites for hydroxylation is 1. The van der Waals surface area contributed by atoms with E-state index in [0.29, 0.717) is 12.4 Å². The van der Waals surface area contributed by atoms with Crippen molar-refractivity contribution in [2.24, 2.45) is 5.41 Å². The lowest BCUT2D eigenvalue weighted by atomic mass is 9.99. The highest BCUT2D eigenvalue weighted by atomic mass is 32.2. The molecule has 192 valence electrons. The molecule has 1 fully saturated rings. The lowest BCUT2D eigenvalue weighted by Crippen LogP contribution is -2.44. The fourth-order valence-corrected chi connectivity index (χ4v) is 4.95. The van der Waals surface area contributed by atoms with Gasteiger partial charge in [-0.25, -0.2) is 4.31 Å². The van der Waals surface area contributed by atoms with Gasteiger partial charge in [0.05, 0.1) is 18.5 Å². The van der Waals surface area contributed by atoms with Gasteiger partial charge < -0.3 is 15.4 Å². The third kappa shape index (κ3) is 6.62. The number of nitrogen functional groups attached to an aromatic ring is 1. The van der Waals surface area contributed by atoms with Gasteiger partial charge in [0.1, 0.15) is 5.69 Å². The van der Waals surface area contributed by atoms with E-state index >= 15 is 0 Å². The summed E-state index contributed by atoms with van der Waals surface area (Å²) in [5, 5.41) is 4.56. The first-order valence-electron chi connectivity index (χ1n) is 12.5. The second-order valence-corrected chi connectivity index (χ2v) is 11.4. The Morgan fingerprint density at radius 1 is 1.03 bits per heavy atom. The molecule has 8 heteroatoms. The van der Waals surface area contributed by atoms with Crippen LogP contribution in [0.15, 0.2) is 59.5 Å². The van der Waals surface area contributed by atoms with Gasteiger partial charge in [-0.1, -0.05) is 63.9 Å². The van der Waals surface area contributed by atoms with Crippen molar-refractivity contribution in [3.8, 4) is 11.4 Å². The molecule has 2 N–H and O–H groups in total. The van der Waals surface area contributed by atoms with E-state index < -0.39 is 0 Å². The van der Waals surface area contributed by atoms with Crippen molar-refractivity contribution >= 4 is 23.3 Å². The highest BCUT2D eigenvalue weighted by molar-refractivity contribution is 7.96. The zero-order valence-electron chi connectivity index (χ0n) is 21.7. The third-order valence-electron chi connectivity index (χ3n) is 6.10. The van der Waals surface area contributed by atoms with Crippen LogP contribution in [0.5, 0.6) is 5.75 Å². The van der Waals surface area contributed by atoms with E-state index in [4.69, 9.17) is 10.5 Å². The molecular formula is C28H37N5O2S. The van der Waals surface area contributed by atoms with Gasteiger partial charge in [0.2, 0.25) is 5.75 Å². The Bertz CT molecular complexity index is 1210. The zero-order chi connectivity index (χ0) is 25.7. The summed E-state index contributed by atoms with van der Waals surface area (Å²) in [7, 11) is 0. The molecule has 0 unspecified atom stereocenters. The number of rotatable bonds is 8. The molecule has 1 aliphatic heterocycles. The first-order chi connectivity index (χ1) is 17.2. The van der Waals surface area contributed by atoms with Gasteiger partial charge in [-0.05, 0) is 47.2 Å². The van der Waals surface area contributed by atoms with Gasteiger partial charge in [0.15, 0.2) is 0 Å². The van der Waals surface area contributed by atoms with Crippen molar-refractivity contribution in [1.82, 2.24) is 14.1 Å². The fraction of sp³-hybridized carbons (Fsp3) is 0.429. The van der Waals surface area contributed by atoms with Crippen molar-refractivity contribution < 1.29 is 4.74 Å². The maximum Gasteiger partial charge on any atom is 0.316 e. The van der Waals surface area contributed by atoms with Crippen LogP contribution in [0.1, 0.15) is 38.8 Å². The topological polar surface area (TPSA) is 76.6 Å². The predicted octanol–water partition coefficient (Wildman–Crippen LogP) is 4.77. The van der Waals surface area contributed by atoms with Crippen LogP contribution in [0.25, 0.3) is 5.69 Å². The van der Waals surface area contributed by atoms with Crippen LogP contribution in [-0.4, -0.2) is 46.9 Å². The van der Waals surface area contributed by atoms with E-state index in [1.165, 1.54) is 10.2 Å². The van der Waals surface area contributed by atoms with Gasteiger partial charge in [-0.2, -0.15) is 9.78 Å². The van der Waals surface area contributed by atoms with Crippen molar-refractivity contribution in [3.63, 3.8) is 0 Å². The summed E-state index contributed by atoms with van der Waals surface area (Å²) in [6, 6.07) is 16.0. The van der Waals surface area contributed by atoms with Gasteiger partial charge >= 0.3 is 5.56 Å². The first kappa shape index (κ1) is 26.1. The predicted molar refractivity (Wildman–Crippen MR) is 150 cm³/mol. The molecule has 0 spiro atoms. The largest absolute Gasteiger partial charge is 0.486 e. The molecule has 2 heterocycles. The molecular weight excluding hydrogens is 470 g/mol. The summed E-state index contributed by atoms with van der Waals surface area (Å²) in [5.74, 6) is 1.29. The molecule has 1 aliphatic rings. The van der Waals surface area contributed by atoms with Gasteiger partial charge in [-0.3, -0.25) is 4.79 Å². The number of piperazine rings is 1. The molecule has 7 nitrogen and oxygen atoms in total. The second kappa shape index (κ2) is 11.4. The number of nitrogens with two attached hydrogens (primary N) is 1. The number of ether oxygens (including phenoxy) is 1. The Morgan fingerprint density at radius 2 is 1.75 bits per heavy atom. The third-order valence-corrected chi connectivity index (χ3v) is 7.29. The summed E-state index contributed by atoms with van der Waals surface area (Å²) in [6.07, 6.45) is 2.68. The van der Waals surface area contributed by atoms with Crippen LogP contribution >= 0.6 is 11.9 Å². The van der Waals surface area contributed by atoms with Gasteiger partial charge in [-0.15, -0.1) is 0 Å². The van der Waals surface area contributed by atoms with Crippen molar-refractivity contribution in [3.05, 3.63) is 76.2 Å². The summed E-state index contributed by atoms with van der Waals surface area (Å²) >= 11 is 1.83. The molecule has 0 amide bonds. The van der Waals surface area contributed by atoms with E-state index in [9.17, 15) is 4.79 Å². The molecule has 0 saturated carbocycles. The number of hydrogen-bond acceptors (Lipinski definition) is 7. The Hall–Kier alpha value is -2.97. The van der Waals surface area contributed by atoms with E-state index in [2.05, 4.69) is 60.2 Å². The molecule has 0 bridgehead atoms. The molecule has 3 aromatic rings. The normalized spacial score (nSPS) is 14.7. The lowest BCUT2D eigenvalue weighted by Gasteiger charge is -2.36. The van der Waals surface area contributed by atoms with E-state index in [0.717, 1.165) is 61.0 Å². The molecule has 0 aliphatic carbocycles. The van der Waals surface area contributed by atoms with E-state index in [1.807, 2.05) is 42.3 Å². The number of hydrogen-bond donors (Lipinski definition) is 1. The van der Waals surface area contributed by atoms with Crippen molar-refractivity contribution in [2.45, 2.75) is 39.9 Å². The number of aromatic nitrogens is 2. The zero-order valence-corrected chi connectivity index (χ0v) is 22.6. The minimum Gasteiger partial charge on any atom is -0.486 e. The molecule has 2 aromatic carbocycles. The average molecular weight is 508 g/mol. The molecule has 36 heavy (non-hydrogen) atoms. The molecule has 0 atom stereocenters. The SMILES string of the molecule is CCc1cccc(-n2ncc(N3CCN(SCc4ccc(N)cc4)CC3)c(OCC(C)(C)C)c2=O)c1. The molecule has 0 radical (unpaired) electrons. The number of nitrogens with zero attached hydrogens (tertiary/aromatic N) is 4. The van der Waals surface area contributed by atoms with Crippen LogP contribution < -0.4 is 20.9 Å². The minimum atomic E-state index is -0.217. The van der Waals surface area contributed by atoms with Gasteiger partial charge in [0.25, 0.3) is 0 Å². The Morgan fingerprint density at radius 3 is 2.42 bits per heavy atom. The monoisotopic (exact) mass is 507 g/mol. The summed E-state index contributed by atoms with van der Waals surface area (Å²) < 4.78 is 10.0. The Kier molecular flexibility index (Phi) is 8.26. The Labute approximate surface area is 218 Å². The number of benzene rings is 2. The highest BCUT2D eigenvalue weighted by Gasteiger charge is 2.25. The Balaban J connectivity index is 1.51. The van der Waals surface area contributed by atoms with Gasteiger partial charge in [0, 0.05) is 37.6 Å². The van der Waals surface area contributed by atoms with Crippen molar-refractivity contribution in [2.75, 3.05) is 43.4 Å². The van der Waals surface area contributed by atoms with E-state index in [1.54, 1.807) is 6.20 Å². The number of anilines is 2. The quantitative estimate of drug-likeness (QED) is 0.348. The molecule has 4 rings (SSSR count). The van der Waals surface area contributed by atoms with Crippen LogP contribution in [0.2, 0.25) is 0 Å². The van der Waals surface area contributed by atoms with Crippen LogP contribution in [-0.2, 0) is 12.2 Å². The van der Waals surface area contributed by atoms with Crippen LogP contribution in [0.3, 0.4) is 0 Å². The van der Waals surface area contributed by atoms with Crippen LogP contribution in [0.4, 0.5) is 11.4 Å². The molecule has 1 aromatic heterocycles. The highest BCUT2D eigenvalue weighted by Crippen LogP contribution is 2.29. The maximum absolute atomic E-state index is 13.6. The second-order valence-electron chi connectivity index (χ2n) is 10.4. The smallest absolute Gasteiger partial charge is 0.316 e. The summed E-state index contributed by atoms with van der Waals surface area (Å²) in [5.41, 5.74) is 10.2. The standard InChI is InChI=1S/C28H37N5O2S/c1-5-21-7-6-8-24(17-21)33-27(34)26(35-20-28(2,3)4)25(18-30-33)31-13-15-32(16-14-31)36-19-22-9-11-23(29)12-10-22/h6-12,17-18H,5,13-16,19-20,29H2,1-4H3. The average Bonchev–Trinajstić information content (AvgIpc) is 2.87. The van der Waals surface area contributed by atoms with Crippen LogP contribution in [0, 0.1) is 5.41 Å². The first-order valence-corrected chi connectivity index (χ1v) is 13.5. The van der Waals surface area contributed by atoms with Crippen molar-refractivity contribution in [1.29, 1.82) is 0 Å². The lowest BCUT2D eigenvalue weighted by molar-refractivity contribution is 0.195.